The van der Waals surface area contributed by atoms with Crippen LogP contribution in [0.25, 0.3) is 0 Å². The van der Waals surface area contributed by atoms with Crippen LogP contribution in [0, 0.1) is 5.41 Å². The number of aliphatic hydroxyl groups excluding tert-OH is 1. The van der Waals surface area contributed by atoms with E-state index in [9.17, 15) is 5.11 Å². The van der Waals surface area contributed by atoms with E-state index in [2.05, 4.69) is 18.7 Å². The fraction of sp³-hybridized carbons (Fsp3) is 1.00. The van der Waals surface area contributed by atoms with Gasteiger partial charge in [0.05, 0.1) is 6.10 Å². The van der Waals surface area contributed by atoms with E-state index in [1.54, 1.807) is 0 Å². The molecule has 3 N–H and O–H groups in total. The molecule has 3 nitrogen and oxygen atoms in total. The minimum Gasteiger partial charge on any atom is -0.392 e. The Labute approximate surface area is 87.3 Å². The zero-order chi connectivity index (χ0) is 10.8. The largest absolute Gasteiger partial charge is 0.392 e. The average Bonchev–Trinajstić information content (AvgIpc) is 2.11. The lowest BCUT2D eigenvalue weighted by atomic mass is 9.79. The van der Waals surface area contributed by atoms with Crippen LogP contribution in [0.2, 0.25) is 0 Å². The predicted octanol–water partition coefficient (Wildman–Crippen LogP) is 0.816. The van der Waals surface area contributed by atoms with Crippen molar-refractivity contribution in [1.29, 1.82) is 0 Å². The summed E-state index contributed by atoms with van der Waals surface area (Å²) in [6, 6.07) is 0.303. The summed E-state index contributed by atoms with van der Waals surface area (Å²) in [6.07, 6.45) is 1.70. The van der Waals surface area contributed by atoms with Gasteiger partial charge in [-0.1, -0.05) is 20.8 Å². The third kappa shape index (κ3) is 2.94. The summed E-state index contributed by atoms with van der Waals surface area (Å²) in [5.74, 6) is 0. The van der Waals surface area contributed by atoms with Gasteiger partial charge in [0, 0.05) is 19.1 Å². The Balaban J connectivity index is 2.43. The van der Waals surface area contributed by atoms with Crippen LogP contribution in [0.3, 0.4) is 0 Å². The first kappa shape index (κ1) is 12.0. The first-order valence-electron chi connectivity index (χ1n) is 5.61. The van der Waals surface area contributed by atoms with Gasteiger partial charge in [-0.2, -0.15) is 0 Å². The normalized spacial score (nSPS) is 30.2. The summed E-state index contributed by atoms with van der Waals surface area (Å²) >= 11 is 0. The highest BCUT2D eigenvalue weighted by molar-refractivity contribution is 4.90. The molecule has 1 unspecified atom stereocenters. The van der Waals surface area contributed by atoms with Crippen molar-refractivity contribution < 1.29 is 5.11 Å². The molecule has 0 aromatic carbocycles. The minimum absolute atomic E-state index is 0.180. The number of hydrogen-bond acceptors (Lipinski definition) is 3. The fourth-order valence-electron chi connectivity index (χ4n) is 2.07. The van der Waals surface area contributed by atoms with Gasteiger partial charge in [-0.15, -0.1) is 0 Å². The van der Waals surface area contributed by atoms with Crippen molar-refractivity contribution in [3.8, 4) is 0 Å². The van der Waals surface area contributed by atoms with Gasteiger partial charge in [-0.3, -0.25) is 0 Å². The molecule has 0 amide bonds. The molecule has 1 aliphatic heterocycles. The quantitative estimate of drug-likeness (QED) is 0.709. The molecule has 0 spiro atoms. The molecular weight excluding hydrogens is 176 g/mol. The number of likely N-dealkylation sites (tertiary alicyclic amines) is 1. The molecule has 2 atom stereocenters. The smallest absolute Gasteiger partial charge is 0.0664 e. The zero-order valence-electron chi connectivity index (χ0n) is 9.66. The standard InChI is InChI=1S/C11H24N2O/c1-4-9(14)7-13-6-5-10(12)11(2,3)8-13/h9-10,14H,4-8,12H2,1-3H3/t9-,10?/m1/s1. The van der Waals surface area contributed by atoms with Gasteiger partial charge in [-0.25, -0.2) is 0 Å². The highest BCUT2D eigenvalue weighted by Crippen LogP contribution is 2.27. The topological polar surface area (TPSA) is 49.5 Å². The molecule has 0 aliphatic carbocycles. The van der Waals surface area contributed by atoms with Crippen molar-refractivity contribution in [3.63, 3.8) is 0 Å². The molecule has 3 heteroatoms. The van der Waals surface area contributed by atoms with Gasteiger partial charge in [0.25, 0.3) is 0 Å². The lowest BCUT2D eigenvalue weighted by Crippen LogP contribution is -2.53. The Morgan fingerprint density at radius 3 is 2.71 bits per heavy atom. The number of hydrogen-bond donors (Lipinski definition) is 2. The van der Waals surface area contributed by atoms with E-state index in [0.29, 0.717) is 6.04 Å². The van der Waals surface area contributed by atoms with E-state index in [1.165, 1.54) is 0 Å². The minimum atomic E-state index is -0.180. The maximum Gasteiger partial charge on any atom is 0.0664 e. The van der Waals surface area contributed by atoms with Gasteiger partial charge in [0.2, 0.25) is 0 Å². The number of β-amino-alcohol motifs (C(OH)–C–C–N with tert-alkyl or cyclic N) is 1. The molecule has 1 heterocycles. The molecule has 14 heavy (non-hydrogen) atoms. The van der Waals surface area contributed by atoms with Crippen LogP contribution in [0.1, 0.15) is 33.6 Å². The van der Waals surface area contributed by atoms with Crippen molar-refractivity contribution >= 4 is 0 Å². The van der Waals surface area contributed by atoms with Crippen LogP contribution < -0.4 is 5.73 Å². The van der Waals surface area contributed by atoms with Crippen molar-refractivity contribution in [2.45, 2.75) is 45.8 Å². The first-order valence-corrected chi connectivity index (χ1v) is 5.61. The second-order valence-corrected chi connectivity index (χ2v) is 5.18. The summed E-state index contributed by atoms with van der Waals surface area (Å²) in [4.78, 5) is 2.33. The molecule has 1 fully saturated rings. The maximum atomic E-state index is 9.57. The number of rotatable bonds is 3. The van der Waals surface area contributed by atoms with Gasteiger partial charge < -0.3 is 15.7 Å². The van der Waals surface area contributed by atoms with E-state index < -0.39 is 0 Å². The highest BCUT2D eigenvalue weighted by Gasteiger charge is 2.33. The van der Waals surface area contributed by atoms with Gasteiger partial charge >= 0.3 is 0 Å². The highest BCUT2D eigenvalue weighted by atomic mass is 16.3. The van der Waals surface area contributed by atoms with Gasteiger partial charge in [0.1, 0.15) is 0 Å². The average molecular weight is 200 g/mol. The second kappa shape index (κ2) is 4.60. The van der Waals surface area contributed by atoms with Crippen LogP contribution in [0.4, 0.5) is 0 Å². The van der Waals surface area contributed by atoms with Crippen LogP contribution in [0.5, 0.6) is 0 Å². The summed E-state index contributed by atoms with van der Waals surface area (Å²) in [5, 5.41) is 9.57. The summed E-state index contributed by atoms with van der Waals surface area (Å²) in [7, 11) is 0. The van der Waals surface area contributed by atoms with Gasteiger partial charge in [-0.05, 0) is 24.8 Å². The maximum absolute atomic E-state index is 9.57. The molecule has 0 bridgehead atoms. The molecule has 0 aromatic rings. The zero-order valence-corrected chi connectivity index (χ0v) is 9.66. The molecule has 1 aliphatic rings. The number of piperidine rings is 1. The van der Waals surface area contributed by atoms with Gasteiger partial charge in [0.15, 0.2) is 0 Å². The lowest BCUT2D eigenvalue weighted by molar-refractivity contribution is 0.0475. The molecule has 1 rings (SSSR count). The Kier molecular flexibility index (Phi) is 3.93. The van der Waals surface area contributed by atoms with E-state index in [0.717, 1.165) is 32.5 Å². The summed E-state index contributed by atoms with van der Waals surface area (Å²) < 4.78 is 0. The third-order valence-electron chi connectivity index (χ3n) is 3.33. The van der Waals surface area contributed by atoms with Crippen molar-refractivity contribution in [2.75, 3.05) is 19.6 Å². The monoisotopic (exact) mass is 200 g/mol. The van der Waals surface area contributed by atoms with E-state index in [-0.39, 0.29) is 11.5 Å². The molecular formula is C11H24N2O. The van der Waals surface area contributed by atoms with E-state index in [1.807, 2.05) is 6.92 Å². The molecule has 84 valence electrons. The van der Waals surface area contributed by atoms with Crippen molar-refractivity contribution in [2.24, 2.45) is 11.1 Å². The lowest BCUT2D eigenvalue weighted by Gasteiger charge is -2.43. The number of aliphatic hydroxyl groups is 1. The first-order chi connectivity index (χ1) is 6.45. The Bertz CT molecular complexity index is 182. The van der Waals surface area contributed by atoms with Crippen LogP contribution in [0.15, 0.2) is 0 Å². The van der Waals surface area contributed by atoms with Crippen LogP contribution in [-0.4, -0.2) is 41.8 Å². The van der Waals surface area contributed by atoms with E-state index in [4.69, 9.17) is 5.73 Å². The van der Waals surface area contributed by atoms with Crippen LogP contribution in [-0.2, 0) is 0 Å². The Morgan fingerprint density at radius 1 is 1.57 bits per heavy atom. The van der Waals surface area contributed by atoms with E-state index >= 15 is 0 Å². The summed E-state index contributed by atoms with van der Waals surface area (Å²) in [6.45, 7) is 9.27. The SMILES string of the molecule is CC[C@@H](O)CN1CCC(N)C(C)(C)C1. The second-order valence-electron chi connectivity index (χ2n) is 5.18. The summed E-state index contributed by atoms with van der Waals surface area (Å²) in [5.41, 5.74) is 6.24. The molecule has 1 saturated heterocycles. The number of nitrogens with zero attached hydrogens (tertiary/aromatic N) is 1. The molecule has 0 radical (unpaired) electrons. The van der Waals surface area contributed by atoms with Crippen LogP contribution >= 0.6 is 0 Å². The number of nitrogens with two attached hydrogens (primary N) is 1. The van der Waals surface area contributed by atoms with Crippen molar-refractivity contribution in [3.05, 3.63) is 0 Å². The Morgan fingerprint density at radius 2 is 2.21 bits per heavy atom. The fourth-order valence-corrected chi connectivity index (χ4v) is 2.07. The molecule has 0 saturated carbocycles. The molecule has 0 aromatic heterocycles. The third-order valence-corrected chi connectivity index (χ3v) is 3.33. The predicted molar refractivity (Wildman–Crippen MR) is 59.1 cm³/mol. The Hall–Kier alpha value is -0.120. The van der Waals surface area contributed by atoms with Crippen molar-refractivity contribution in [1.82, 2.24) is 4.90 Å².